The van der Waals surface area contributed by atoms with Crippen LogP contribution in [0.15, 0.2) is 22.7 Å². The molecule has 0 saturated carbocycles. The van der Waals surface area contributed by atoms with Crippen LogP contribution in [0.1, 0.15) is 65.4 Å². The highest BCUT2D eigenvalue weighted by atomic mass is 79.9. The van der Waals surface area contributed by atoms with Crippen molar-refractivity contribution in [3.8, 4) is 11.8 Å². The predicted molar refractivity (Wildman–Crippen MR) is 129 cm³/mol. The quantitative estimate of drug-likeness (QED) is 0.342. The van der Waals surface area contributed by atoms with Crippen molar-refractivity contribution in [1.29, 1.82) is 5.26 Å². The highest BCUT2D eigenvalue weighted by molar-refractivity contribution is 9.10. The van der Waals surface area contributed by atoms with Crippen molar-refractivity contribution in [2.24, 2.45) is 0 Å². The minimum Gasteiger partial charge on any atom is -0.493 e. The number of carbonyl (C=O) groups is 1. The number of ether oxygens (including phenoxy) is 1. The van der Waals surface area contributed by atoms with E-state index in [0.717, 1.165) is 48.6 Å². The van der Waals surface area contributed by atoms with Crippen molar-refractivity contribution in [3.05, 3.63) is 44.2 Å². The average Bonchev–Trinajstić information content (AvgIpc) is 3.29. The Hall–Kier alpha value is -1.95. The highest BCUT2D eigenvalue weighted by Gasteiger charge is 2.23. The van der Waals surface area contributed by atoms with Crippen LogP contribution in [0.2, 0.25) is 0 Å². The molecule has 0 fully saturated rings. The van der Waals surface area contributed by atoms with Gasteiger partial charge in [-0.2, -0.15) is 5.26 Å². The molecule has 2 N–H and O–H groups in total. The number of fused-ring (bicyclic) bond motifs is 1. The van der Waals surface area contributed by atoms with E-state index < -0.39 is 0 Å². The zero-order valence-corrected chi connectivity index (χ0v) is 20.1. The van der Waals surface area contributed by atoms with E-state index in [1.165, 1.54) is 11.3 Å². The number of halogens is 1. The SMILES string of the molecule is CCCCCCOc1ccc(Br)cc1C(=O)NC(=S)Nc1sc2c(c1C#N)CCC2. The second-order valence-electron chi connectivity index (χ2n) is 7.13. The summed E-state index contributed by atoms with van der Waals surface area (Å²) in [5, 5.41) is 16.1. The monoisotopic (exact) mass is 505 g/mol. The van der Waals surface area contributed by atoms with Gasteiger partial charge in [-0.3, -0.25) is 10.1 Å². The molecule has 1 aromatic heterocycles. The van der Waals surface area contributed by atoms with Crippen LogP contribution in [0.25, 0.3) is 0 Å². The summed E-state index contributed by atoms with van der Waals surface area (Å²) in [6.45, 7) is 2.73. The van der Waals surface area contributed by atoms with Crippen LogP contribution in [-0.4, -0.2) is 17.6 Å². The summed E-state index contributed by atoms with van der Waals surface area (Å²) in [5.74, 6) is 0.183. The number of nitriles is 1. The number of hydrogen-bond donors (Lipinski definition) is 2. The van der Waals surface area contributed by atoms with Gasteiger partial charge in [0.1, 0.15) is 16.8 Å². The van der Waals surface area contributed by atoms with Gasteiger partial charge in [0.15, 0.2) is 5.11 Å². The first-order valence-electron chi connectivity index (χ1n) is 10.1. The number of benzene rings is 1. The molecular formula is C22H24BrN3O2S2. The van der Waals surface area contributed by atoms with Crippen molar-refractivity contribution >= 4 is 55.5 Å². The average molecular weight is 506 g/mol. The normalized spacial score (nSPS) is 12.2. The zero-order valence-electron chi connectivity index (χ0n) is 16.8. The lowest BCUT2D eigenvalue weighted by atomic mass is 10.1. The lowest BCUT2D eigenvalue weighted by Gasteiger charge is -2.13. The number of anilines is 1. The molecule has 2 aromatic rings. The molecule has 30 heavy (non-hydrogen) atoms. The maximum Gasteiger partial charge on any atom is 0.261 e. The number of nitrogens with zero attached hydrogens (tertiary/aromatic N) is 1. The third kappa shape index (κ3) is 5.60. The molecule has 0 radical (unpaired) electrons. The number of unbranched alkanes of at least 4 members (excludes halogenated alkanes) is 3. The summed E-state index contributed by atoms with van der Waals surface area (Å²) in [7, 11) is 0. The first-order chi connectivity index (χ1) is 14.5. The summed E-state index contributed by atoms with van der Waals surface area (Å²) in [4.78, 5) is 14.1. The van der Waals surface area contributed by atoms with Gasteiger partial charge in [0.25, 0.3) is 5.91 Å². The van der Waals surface area contributed by atoms with E-state index in [1.54, 1.807) is 23.5 Å². The van der Waals surface area contributed by atoms with Gasteiger partial charge < -0.3 is 10.1 Å². The molecule has 1 aliphatic carbocycles. The molecule has 0 atom stereocenters. The minimum absolute atomic E-state index is 0.172. The number of rotatable bonds is 8. The molecule has 8 heteroatoms. The third-order valence-corrected chi connectivity index (χ3v) is 6.83. The van der Waals surface area contributed by atoms with Gasteiger partial charge in [-0.15, -0.1) is 11.3 Å². The van der Waals surface area contributed by atoms with Crippen LogP contribution in [-0.2, 0) is 12.8 Å². The molecule has 0 bridgehead atoms. The summed E-state index contributed by atoms with van der Waals surface area (Å²) in [6, 6.07) is 7.62. The number of thiophene rings is 1. The number of nitrogens with one attached hydrogen (secondary N) is 2. The number of thiocarbonyl (C=S) groups is 1. The molecule has 158 valence electrons. The van der Waals surface area contributed by atoms with Crippen LogP contribution < -0.4 is 15.4 Å². The van der Waals surface area contributed by atoms with Gasteiger partial charge in [-0.05, 0) is 61.7 Å². The fourth-order valence-electron chi connectivity index (χ4n) is 3.43. The van der Waals surface area contributed by atoms with Crippen LogP contribution in [0.4, 0.5) is 5.00 Å². The van der Waals surface area contributed by atoms with Crippen molar-refractivity contribution in [1.82, 2.24) is 5.32 Å². The molecule has 0 spiro atoms. The van der Waals surface area contributed by atoms with E-state index in [9.17, 15) is 10.1 Å². The van der Waals surface area contributed by atoms with Crippen LogP contribution >= 0.6 is 39.5 Å². The van der Waals surface area contributed by atoms with Crippen molar-refractivity contribution < 1.29 is 9.53 Å². The topological polar surface area (TPSA) is 74.2 Å². The Bertz CT molecular complexity index is 981. The number of aryl methyl sites for hydroxylation is 1. The second-order valence-corrected chi connectivity index (χ2v) is 9.56. The van der Waals surface area contributed by atoms with Gasteiger partial charge in [0, 0.05) is 9.35 Å². The number of hydrogen-bond acceptors (Lipinski definition) is 5. The summed E-state index contributed by atoms with van der Waals surface area (Å²) in [5.41, 5.74) is 2.17. The minimum atomic E-state index is -0.347. The van der Waals surface area contributed by atoms with Crippen molar-refractivity contribution in [2.75, 3.05) is 11.9 Å². The first-order valence-corrected chi connectivity index (χ1v) is 12.1. The van der Waals surface area contributed by atoms with Gasteiger partial charge in [0.2, 0.25) is 0 Å². The van der Waals surface area contributed by atoms with E-state index in [-0.39, 0.29) is 11.0 Å². The molecule has 1 aliphatic rings. The third-order valence-electron chi connectivity index (χ3n) is 4.93. The Morgan fingerprint density at radius 3 is 2.93 bits per heavy atom. The van der Waals surface area contributed by atoms with Crippen LogP contribution in [0.5, 0.6) is 5.75 Å². The molecule has 0 saturated heterocycles. The Balaban J connectivity index is 1.65. The van der Waals surface area contributed by atoms with E-state index in [0.29, 0.717) is 28.5 Å². The maximum atomic E-state index is 12.8. The van der Waals surface area contributed by atoms with Gasteiger partial charge >= 0.3 is 0 Å². The van der Waals surface area contributed by atoms with Crippen LogP contribution in [0, 0.1) is 11.3 Å². The van der Waals surface area contributed by atoms with Gasteiger partial charge in [-0.1, -0.05) is 42.1 Å². The molecule has 5 nitrogen and oxygen atoms in total. The maximum absolute atomic E-state index is 12.8. The van der Waals surface area contributed by atoms with E-state index in [2.05, 4.69) is 39.6 Å². The van der Waals surface area contributed by atoms with E-state index in [4.69, 9.17) is 17.0 Å². The lowest BCUT2D eigenvalue weighted by Crippen LogP contribution is -2.34. The standard InChI is InChI=1S/C22H24BrN3O2S2/c1-2-3-4-5-11-28-18-10-9-14(23)12-16(18)20(27)25-22(29)26-21-17(13-24)15-7-6-8-19(15)30-21/h9-10,12H,2-8,11H2,1H3,(H2,25,26,27,29). The first kappa shape index (κ1) is 22.7. The summed E-state index contributed by atoms with van der Waals surface area (Å²) >= 11 is 10.3. The summed E-state index contributed by atoms with van der Waals surface area (Å²) < 4.78 is 6.63. The number of amides is 1. The predicted octanol–water partition coefficient (Wildman–Crippen LogP) is 5.96. The Kier molecular flexibility index (Phi) is 8.25. The molecule has 1 aromatic carbocycles. The van der Waals surface area contributed by atoms with Crippen molar-refractivity contribution in [3.63, 3.8) is 0 Å². The number of carbonyl (C=O) groups excluding carboxylic acids is 1. The molecule has 0 unspecified atom stereocenters. The molecule has 1 amide bonds. The van der Waals surface area contributed by atoms with Crippen LogP contribution in [0.3, 0.4) is 0 Å². The highest BCUT2D eigenvalue weighted by Crippen LogP contribution is 2.38. The van der Waals surface area contributed by atoms with E-state index >= 15 is 0 Å². The van der Waals surface area contributed by atoms with Gasteiger partial charge in [0.05, 0.1) is 17.7 Å². The smallest absolute Gasteiger partial charge is 0.261 e. The molecule has 0 aliphatic heterocycles. The zero-order chi connectivity index (χ0) is 21.5. The Labute approximate surface area is 194 Å². The Morgan fingerprint density at radius 1 is 1.33 bits per heavy atom. The lowest BCUT2D eigenvalue weighted by molar-refractivity contribution is 0.0973. The van der Waals surface area contributed by atoms with Crippen molar-refractivity contribution in [2.45, 2.75) is 51.9 Å². The summed E-state index contributed by atoms with van der Waals surface area (Å²) in [6.07, 6.45) is 7.39. The Morgan fingerprint density at radius 2 is 2.17 bits per heavy atom. The fraction of sp³-hybridized carbons (Fsp3) is 0.409. The van der Waals surface area contributed by atoms with E-state index in [1.807, 2.05) is 6.07 Å². The molecule has 1 heterocycles. The molecule has 3 rings (SSSR count). The fourth-order valence-corrected chi connectivity index (χ4v) is 5.30. The largest absolute Gasteiger partial charge is 0.493 e. The second kappa shape index (κ2) is 10.9. The molecular weight excluding hydrogens is 482 g/mol. The van der Waals surface area contributed by atoms with Gasteiger partial charge in [-0.25, -0.2) is 0 Å².